The van der Waals surface area contributed by atoms with Crippen molar-refractivity contribution >= 4 is 35.6 Å². The Morgan fingerprint density at radius 3 is 2.85 bits per heavy atom. The highest BCUT2D eigenvalue weighted by Gasteiger charge is 2.00. The molecule has 1 aromatic carbocycles. The number of nitrogens with one attached hydrogen (secondary N) is 1. The topological polar surface area (TPSA) is 76.4 Å². The van der Waals surface area contributed by atoms with E-state index in [9.17, 15) is 0 Å². The molecular weight excluding hydrogens is 367 g/mol. The summed E-state index contributed by atoms with van der Waals surface area (Å²) >= 11 is 0. The predicted octanol–water partition coefficient (Wildman–Crippen LogP) is 3.09. The van der Waals surface area contributed by atoms with Crippen LogP contribution in [0.1, 0.15) is 23.9 Å². The summed E-state index contributed by atoms with van der Waals surface area (Å²) in [4.78, 5) is 4.21. The van der Waals surface area contributed by atoms with E-state index >= 15 is 0 Å². The number of aryl methyl sites for hydroxylation is 2. The molecule has 0 radical (unpaired) electrons. The molecule has 2 rings (SSSR count). The third kappa shape index (κ3) is 4.84. The fourth-order valence-electron chi connectivity index (χ4n) is 1.71. The van der Waals surface area contributed by atoms with Gasteiger partial charge in [-0.1, -0.05) is 24.2 Å². The van der Waals surface area contributed by atoms with Gasteiger partial charge in [-0.3, -0.25) is 0 Å². The van der Waals surface area contributed by atoms with Gasteiger partial charge in [-0.05, 0) is 31.0 Å². The summed E-state index contributed by atoms with van der Waals surface area (Å²) < 4.78 is 5.06. The second-order valence-corrected chi connectivity index (χ2v) is 4.32. The molecule has 108 valence electrons. The molecule has 0 amide bonds. The SMILES string of the molecule is CCc1cccc(NC(N)=NCc2cc(C)no2)c1.I. The molecule has 5 nitrogen and oxygen atoms in total. The van der Waals surface area contributed by atoms with Crippen molar-refractivity contribution in [3.8, 4) is 0 Å². The first-order valence-corrected chi connectivity index (χ1v) is 6.25. The van der Waals surface area contributed by atoms with Crippen LogP contribution >= 0.6 is 24.0 Å². The zero-order valence-corrected chi connectivity index (χ0v) is 13.9. The molecule has 0 bridgehead atoms. The predicted molar refractivity (Wildman–Crippen MR) is 91.4 cm³/mol. The van der Waals surface area contributed by atoms with Gasteiger partial charge in [0.05, 0.1) is 5.69 Å². The Kier molecular flexibility index (Phi) is 6.50. The fraction of sp³-hybridized carbons (Fsp3) is 0.286. The Bertz CT molecular complexity index is 580. The van der Waals surface area contributed by atoms with Crippen LogP contribution in [-0.4, -0.2) is 11.1 Å². The van der Waals surface area contributed by atoms with Crippen LogP contribution in [0.4, 0.5) is 5.69 Å². The molecule has 3 N–H and O–H groups in total. The minimum atomic E-state index is 0. The standard InChI is InChI=1S/C14H18N4O.HI/c1-3-11-5-4-6-12(8-11)17-14(15)16-9-13-7-10(2)18-19-13;/h4-8H,3,9H2,1-2H3,(H3,15,16,17);1H. The average molecular weight is 386 g/mol. The Balaban J connectivity index is 0.00000200. The molecule has 20 heavy (non-hydrogen) atoms. The number of hydrogen-bond donors (Lipinski definition) is 2. The molecule has 0 spiro atoms. The molecule has 1 aromatic heterocycles. The van der Waals surface area contributed by atoms with Gasteiger partial charge in [0.1, 0.15) is 6.54 Å². The number of aliphatic imine (C=N–C) groups is 1. The highest BCUT2D eigenvalue weighted by atomic mass is 127. The van der Waals surface area contributed by atoms with Crippen molar-refractivity contribution < 1.29 is 4.52 Å². The van der Waals surface area contributed by atoms with E-state index in [1.54, 1.807) is 0 Å². The lowest BCUT2D eigenvalue weighted by atomic mass is 10.1. The second kappa shape index (κ2) is 7.88. The lowest BCUT2D eigenvalue weighted by Crippen LogP contribution is -2.22. The zero-order chi connectivity index (χ0) is 13.7. The summed E-state index contributed by atoms with van der Waals surface area (Å²) in [6, 6.07) is 9.93. The van der Waals surface area contributed by atoms with Gasteiger partial charge in [-0.2, -0.15) is 0 Å². The van der Waals surface area contributed by atoms with Crippen molar-refractivity contribution in [3.05, 3.63) is 47.3 Å². The maximum Gasteiger partial charge on any atom is 0.193 e. The number of guanidine groups is 1. The van der Waals surface area contributed by atoms with Crippen molar-refractivity contribution in [3.63, 3.8) is 0 Å². The third-order valence-electron chi connectivity index (χ3n) is 2.69. The lowest BCUT2D eigenvalue weighted by Gasteiger charge is -2.06. The van der Waals surface area contributed by atoms with Gasteiger partial charge in [-0.25, -0.2) is 4.99 Å². The molecule has 0 atom stereocenters. The van der Waals surface area contributed by atoms with Crippen molar-refractivity contribution in [1.82, 2.24) is 5.16 Å². The van der Waals surface area contributed by atoms with Crippen molar-refractivity contribution in [1.29, 1.82) is 0 Å². The quantitative estimate of drug-likeness (QED) is 0.481. The molecule has 1 heterocycles. The monoisotopic (exact) mass is 386 g/mol. The summed E-state index contributed by atoms with van der Waals surface area (Å²) in [5, 5.41) is 6.86. The van der Waals surface area contributed by atoms with Gasteiger partial charge < -0.3 is 15.6 Å². The highest BCUT2D eigenvalue weighted by Crippen LogP contribution is 2.11. The minimum Gasteiger partial charge on any atom is -0.370 e. The van der Waals surface area contributed by atoms with Crippen molar-refractivity contribution in [2.45, 2.75) is 26.8 Å². The van der Waals surface area contributed by atoms with Crippen LogP contribution in [-0.2, 0) is 13.0 Å². The first kappa shape index (κ1) is 16.5. The molecule has 0 aliphatic rings. The van der Waals surface area contributed by atoms with Crippen LogP contribution in [0.5, 0.6) is 0 Å². The number of rotatable bonds is 4. The van der Waals surface area contributed by atoms with E-state index in [0.29, 0.717) is 18.3 Å². The zero-order valence-electron chi connectivity index (χ0n) is 11.6. The Morgan fingerprint density at radius 2 is 2.20 bits per heavy atom. The van der Waals surface area contributed by atoms with Crippen LogP contribution in [0.25, 0.3) is 0 Å². The van der Waals surface area contributed by atoms with E-state index in [1.165, 1.54) is 5.56 Å². The van der Waals surface area contributed by atoms with Crippen LogP contribution in [0, 0.1) is 6.92 Å². The average Bonchev–Trinajstić information content (AvgIpc) is 2.82. The Morgan fingerprint density at radius 1 is 1.40 bits per heavy atom. The van der Waals surface area contributed by atoms with Crippen molar-refractivity contribution in [2.75, 3.05) is 5.32 Å². The number of nitrogens with zero attached hydrogens (tertiary/aromatic N) is 2. The third-order valence-corrected chi connectivity index (χ3v) is 2.69. The van der Waals surface area contributed by atoms with Crippen LogP contribution < -0.4 is 11.1 Å². The smallest absolute Gasteiger partial charge is 0.193 e. The molecule has 0 unspecified atom stereocenters. The van der Waals surface area contributed by atoms with E-state index in [4.69, 9.17) is 10.3 Å². The molecule has 0 aliphatic heterocycles. The lowest BCUT2D eigenvalue weighted by molar-refractivity contribution is 0.381. The number of aromatic nitrogens is 1. The largest absolute Gasteiger partial charge is 0.370 e. The summed E-state index contributed by atoms with van der Waals surface area (Å²) in [6.45, 7) is 4.37. The molecule has 0 saturated heterocycles. The first-order valence-electron chi connectivity index (χ1n) is 6.25. The minimum absolute atomic E-state index is 0. The number of anilines is 1. The van der Waals surface area contributed by atoms with Gasteiger partial charge in [0.2, 0.25) is 0 Å². The number of benzene rings is 1. The summed E-state index contributed by atoms with van der Waals surface area (Å²) in [5.74, 6) is 1.06. The number of nitrogens with two attached hydrogens (primary N) is 1. The van der Waals surface area contributed by atoms with Crippen LogP contribution in [0.15, 0.2) is 39.8 Å². The van der Waals surface area contributed by atoms with Gasteiger partial charge >= 0.3 is 0 Å². The number of halogens is 1. The molecule has 0 saturated carbocycles. The number of hydrogen-bond acceptors (Lipinski definition) is 3. The molecule has 2 aromatic rings. The van der Waals surface area contributed by atoms with E-state index in [2.05, 4.69) is 34.5 Å². The molecule has 0 aliphatic carbocycles. The second-order valence-electron chi connectivity index (χ2n) is 4.32. The van der Waals surface area contributed by atoms with Crippen LogP contribution in [0.2, 0.25) is 0 Å². The van der Waals surface area contributed by atoms with E-state index in [0.717, 1.165) is 17.8 Å². The Hall–Kier alpha value is -1.57. The molecular formula is C14H19IN4O. The van der Waals surface area contributed by atoms with E-state index in [1.807, 2.05) is 25.1 Å². The van der Waals surface area contributed by atoms with Gasteiger partial charge in [0.25, 0.3) is 0 Å². The summed E-state index contributed by atoms with van der Waals surface area (Å²) in [7, 11) is 0. The maximum absolute atomic E-state index is 5.83. The van der Waals surface area contributed by atoms with Crippen LogP contribution in [0.3, 0.4) is 0 Å². The normalized spacial score (nSPS) is 11.0. The Labute approximate surface area is 135 Å². The first-order chi connectivity index (χ1) is 9.17. The van der Waals surface area contributed by atoms with Gasteiger partial charge in [-0.15, -0.1) is 24.0 Å². The molecule has 0 fully saturated rings. The summed E-state index contributed by atoms with van der Waals surface area (Å²) in [5.41, 5.74) is 8.86. The van der Waals surface area contributed by atoms with Gasteiger partial charge in [0.15, 0.2) is 11.7 Å². The van der Waals surface area contributed by atoms with E-state index in [-0.39, 0.29) is 24.0 Å². The highest BCUT2D eigenvalue weighted by molar-refractivity contribution is 14.0. The maximum atomic E-state index is 5.83. The van der Waals surface area contributed by atoms with E-state index < -0.39 is 0 Å². The van der Waals surface area contributed by atoms with Gasteiger partial charge in [0, 0.05) is 11.8 Å². The van der Waals surface area contributed by atoms with Crippen molar-refractivity contribution in [2.24, 2.45) is 10.7 Å². The molecule has 6 heteroatoms. The fourth-order valence-corrected chi connectivity index (χ4v) is 1.71. The summed E-state index contributed by atoms with van der Waals surface area (Å²) in [6.07, 6.45) is 0.990.